The topological polar surface area (TPSA) is 23.5 Å². The van der Waals surface area contributed by atoms with Gasteiger partial charge < -0.3 is 10.0 Å². The number of aliphatic hydroxyl groups excluding tert-OH is 1. The van der Waals surface area contributed by atoms with Crippen molar-refractivity contribution in [2.75, 3.05) is 25.0 Å². The lowest BCUT2D eigenvalue weighted by molar-refractivity contribution is 0.0866. The van der Waals surface area contributed by atoms with Crippen molar-refractivity contribution in [3.63, 3.8) is 0 Å². The second kappa shape index (κ2) is 4.28. The molecule has 3 atom stereocenters. The van der Waals surface area contributed by atoms with Gasteiger partial charge in [-0.25, -0.2) is 0 Å². The Morgan fingerprint density at radius 1 is 1.23 bits per heavy atom. The number of hydrogen-bond acceptors (Lipinski definition) is 2. The number of aliphatic hydroxyl groups is 1. The van der Waals surface area contributed by atoms with Gasteiger partial charge in [0.25, 0.3) is 0 Å². The highest BCUT2D eigenvalue weighted by Gasteiger charge is 2.36. The predicted molar refractivity (Wildman–Crippen MR) is 57.1 cm³/mol. The van der Waals surface area contributed by atoms with Crippen molar-refractivity contribution < 1.29 is 5.11 Å². The van der Waals surface area contributed by atoms with Crippen LogP contribution in [0, 0.1) is 11.8 Å². The SMILES string of the molecule is OC1CCC2CN(CCBr)CC2C1. The number of hydrogen-bond donors (Lipinski definition) is 1. The van der Waals surface area contributed by atoms with Crippen LogP contribution in [0.5, 0.6) is 0 Å². The molecule has 0 radical (unpaired) electrons. The third-order valence-corrected chi connectivity index (χ3v) is 3.85. The van der Waals surface area contributed by atoms with Gasteiger partial charge in [0.2, 0.25) is 0 Å². The fourth-order valence-corrected chi connectivity index (χ4v) is 3.31. The molecule has 0 aromatic heterocycles. The Balaban J connectivity index is 1.87. The third kappa shape index (κ3) is 2.25. The molecule has 13 heavy (non-hydrogen) atoms. The molecule has 2 rings (SSSR count). The highest BCUT2D eigenvalue weighted by molar-refractivity contribution is 9.09. The highest BCUT2D eigenvalue weighted by Crippen LogP contribution is 2.35. The molecular formula is C10H18BrNO. The van der Waals surface area contributed by atoms with E-state index in [2.05, 4.69) is 20.8 Å². The van der Waals surface area contributed by atoms with Crippen molar-refractivity contribution in [1.82, 2.24) is 4.90 Å². The van der Waals surface area contributed by atoms with Crippen LogP contribution in [-0.2, 0) is 0 Å². The van der Waals surface area contributed by atoms with E-state index < -0.39 is 0 Å². The van der Waals surface area contributed by atoms with Crippen LogP contribution in [0.1, 0.15) is 19.3 Å². The Hall–Kier alpha value is 0.400. The number of likely N-dealkylation sites (tertiary alicyclic amines) is 1. The maximum absolute atomic E-state index is 9.54. The third-order valence-electron chi connectivity index (χ3n) is 3.50. The molecule has 2 nitrogen and oxygen atoms in total. The van der Waals surface area contributed by atoms with Crippen molar-refractivity contribution in [2.24, 2.45) is 11.8 Å². The van der Waals surface area contributed by atoms with Crippen LogP contribution in [0.4, 0.5) is 0 Å². The number of fused-ring (bicyclic) bond motifs is 1. The summed E-state index contributed by atoms with van der Waals surface area (Å²) in [7, 11) is 0. The molecule has 3 unspecified atom stereocenters. The van der Waals surface area contributed by atoms with E-state index in [9.17, 15) is 5.11 Å². The van der Waals surface area contributed by atoms with Crippen molar-refractivity contribution in [3.8, 4) is 0 Å². The smallest absolute Gasteiger partial charge is 0.0543 e. The Labute approximate surface area is 88.4 Å². The molecule has 2 fully saturated rings. The lowest BCUT2D eigenvalue weighted by Gasteiger charge is -2.27. The first kappa shape index (κ1) is 9.94. The first-order valence-electron chi connectivity index (χ1n) is 5.26. The standard InChI is InChI=1S/C10H18BrNO/c11-3-4-12-6-8-1-2-10(13)5-9(8)7-12/h8-10,13H,1-7H2. The van der Waals surface area contributed by atoms with Crippen molar-refractivity contribution in [3.05, 3.63) is 0 Å². The molecule has 3 heteroatoms. The van der Waals surface area contributed by atoms with E-state index in [-0.39, 0.29) is 6.10 Å². The van der Waals surface area contributed by atoms with Gasteiger partial charge >= 0.3 is 0 Å². The number of rotatable bonds is 2. The predicted octanol–water partition coefficient (Wildman–Crippen LogP) is 1.47. The molecule has 0 aromatic carbocycles. The average molecular weight is 248 g/mol. The summed E-state index contributed by atoms with van der Waals surface area (Å²) in [6, 6.07) is 0. The molecule has 1 aliphatic heterocycles. The van der Waals surface area contributed by atoms with E-state index in [1.807, 2.05) is 0 Å². The summed E-state index contributed by atoms with van der Waals surface area (Å²) in [5.74, 6) is 1.66. The van der Waals surface area contributed by atoms with E-state index in [4.69, 9.17) is 0 Å². The van der Waals surface area contributed by atoms with Gasteiger partial charge in [-0.05, 0) is 31.1 Å². The van der Waals surface area contributed by atoms with Crippen molar-refractivity contribution >= 4 is 15.9 Å². The zero-order chi connectivity index (χ0) is 9.26. The number of halogens is 1. The van der Waals surface area contributed by atoms with E-state index in [0.717, 1.165) is 30.0 Å². The Morgan fingerprint density at radius 2 is 2.00 bits per heavy atom. The summed E-state index contributed by atoms with van der Waals surface area (Å²) in [4.78, 5) is 2.53. The molecule has 2 aliphatic rings. The lowest BCUT2D eigenvalue weighted by atomic mass is 9.80. The summed E-state index contributed by atoms with van der Waals surface area (Å²) < 4.78 is 0. The molecule has 1 saturated heterocycles. The Morgan fingerprint density at radius 3 is 2.77 bits per heavy atom. The summed E-state index contributed by atoms with van der Waals surface area (Å²) in [6.45, 7) is 3.65. The maximum atomic E-state index is 9.54. The molecule has 0 spiro atoms. The van der Waals surface area contributed by atoms with E-state index in [1.165, 1.54) is 26.1 Å². The van der Waals surface area contributed by atoms with Gasteiger partial charge in [0, 0.05) is 25.0 Å². The van der Waals surface area contributed by atoms with Crippen LogP contribution in [0.15, 0.2) is 0 Å². The minimum Gasteiger partial charge on any atom is -0.393 e. The molecule has 1 saturated carbocycles. The van der Waals surface area contributed by atoms with Crippen molar-refractivity contribution in [1.29, 1.82) is 0 Å². The zero-order valence-electron chi connectivity index (χ0n) is 7.95. The molecule has 0 aromatic rings. The summed E-state index contributed by atoms with van der Waals surface area (Å²) in [5, 5.41) is 10.6. The Kier molecular flexibility index (Phi) is 3.27. The van der Waals surface area contributed by atoms with Crippen LogP contribution >= 0.6 is 15.9 Å². The first-order chi connectivity index (χ1) is 6.29. The quantitative estimate of drug-likeness (QED) is 0.748. The van der Waals surface area contributed by atoms with Crippen LogP contribution in [-0.4, -0.2) is 41.1 Å². The van der Waals surface area contributed by atoms with Crippen LogP contribution in [0.25, 0.3) is 0 Å². The average Bonchev–Trinajstić information content (AvgIpc) is 2.46. The minimum absolute atomic E-state index is 0.00910. The number of nitrogens with zero attached hydrogens (tertiary/aromatic N) is 1. The van der Waals surface area contributed by atoms with Gasteiger partial charge in [0.05, 0.1) is 6.10 Å². The largest absolute Gasteiger partial charge is 0.393 e. The van der Waals surface area contributed by atoms with Gasteiger partial charge in [-0.1, -0.05) is 15.9 Å². The van der Waals surface area contributed by atoms with Crippen LogP contribution in [0.2, 0.25) is 0 Å². The molecule has 0 amide bonds. The molecular weight excluding hydrogens is 230 g/mol. The fourth-order valence-electron chi connectivity index (χ4n) is 2.81. The molecule has 1 heterocycles. The Bertz CT molecular complexity index is 176. The number of alkyl halides is 1. The maximum Gasteiger partial charge on any atom is 0.0543 e. The first-order valence-corrected chi connectivity index (χ1v) is 6.38. The second-order valence-electron chi connectivity index (χ2n) is 4.44. The summed E-state index contributed by atoms with van der Waals surface area (Å²) in [6.07, 6.45) is 3.31. The summed E-state index contributed by atoms with van der Waals surface area (Å²) >= 11 is 3.48. The van der Waals surface area contributed by atoms with Crippen LogP contribution in [0.3, 0.4) is 0 Å². The monoisotopic (exact) mass is 247 g/mol. The van der Waals surface area contributed by atoms with Gasteiger partial charge in [-0.2, -0.15) is 0 Å². The molecule has 76 valence electrons. The fraction of sp³-hybridized carbons (Fsp3) is 1.00. The summed E-state index contributed by atoms with van der Waals surface area (Å²) in [5.41, 5.74) is 0. The van der Waals surface area contributed by atoms with Gasteiger partial charge in [-0.15, -0.1) is 0 Å². The lowest BCUT2D eigenvalue weighted by Crippen LogP contribution is -2.26. The second-order valence-corrected chi connectivity index (χ2v) is 5.23. The molecule has 1 N–H and O–H groups in total. The zero-order valence-corrected chi connectivity index (χ0v) is 9.54. The molecule has 0 bridgehead atoms. The van der Waals surface area contributed by atoms with E-state index in [0.29, 0.717) is 0 Å². The van der Waals surface area contributed by atoms with E-state index >= 15 is 0 Å². The van der Waals surface area contributed by atoms with Gasteiger partial charge in [-0.3, -0.25) is 0 Å². The van der Waals surface area contributed by atoms with Crippen LogP contribution < -0.4 is 0 Å². The minimum atomic E-state index is -0.00910. The van der Waals surface area contributed by atoms with Gasteiger partial charge in [0.15, 0.2) is 0 Å². The highest BCUT2D eigenvalue weighted by atomic mass is 79.9. The molecule has 1 aliphatic carbocycles. The normalized spacial score (nSPS) is 40.6. The van der Waals surface area contributed by atoms with Gasteiger partial charge in [0.1, 0.15) is 0 Å². The van der Waals surface area contributed by atoms with Crippen molar-refractivity contribution in [2.45, 2.75) is 25.4 Å². The van der Waals surface area contributed by atoms with E-state index in [1.54, 1.807) is 0 Å².